The van der Waals surface area contributed by atoms with Crippen LogP contribution in [0, 0.1) is 5.92 Å². The highest BCUT2D eigenvalue weighted by Gasteiger charge is 2.24. The molecule has 0 aromatic heterocycles. The van der Waals surface area contributed by atoms with E-state index < -0.39 is 5.97 Å². The van der Waals surface area contributed by atoms with Crippen molar-refractivity contribution in [2.24, 2.45) is 5.92 Å². The summed E-state index contributed by atoms with van der Waals surface area (Å²) >= 11 is 0. The third-order valence-corrected chi connectivity index (χ3v) is 2.52. The SMILES string of the molecule is CCOC[C@@H]1CCN(C(=O)/C=C/C(=O)O)C1. The van der Waals surface area contributed by atoms with Crippen molar-refractivity contribution in [3.8, 4) is 0 Å². The van der Waals surface area contributed by atoms with E-state index in [1.165, 1.54) is 0 Å². The van der Waals surface area contributed by atoms with E-state index >= 15 is 0 Å². The highest BCUT2D eigenvalue weighted by atomic mass is 16.5. The molecule has 0 aliphatic carbocycles. The molecule has 1 atom stereocenters. The first-order valence-electron chi connectivity index (χ1n) is 5.41. The number of nitrogens with zero attached hydrogens (tertiary/aromatic N) is 1. The first-order valence-corrected chi connectivity index (χ1v) is 5.41. The molecule has 1 heterocycles. The van der Waals surface area contributed by atoms with Gasteiger partial charge >= 0.3 is 5.97 Å². The highest BCUT2D eigenvalue weighted by molar-refractivity contribution is 5.94. The number of carboxylic acids is 1. The van der Waals surface area contributed by atoms with E-state index in [9.17, 15) is 9.59 Å². The first kappa shape index (κ1) is 12.7. The average Bonchev–Trinajstić information content (AvgIpc) is 2.71. The number of carboxylic acid groups (broad SMARTS) is 1. The first-order chi connectivity index (χ1) is 7.63. The number of carbonyl (C=O) groups is 2. The smallest absolute Gasteiger partial charge is 0.328 e. The van der Waals surface area contributed by atoms with Gasteiger partial charge in [-0.25, -0.2) is 4.79 Å². The lowest BCUT2D eigenvalue weighted by Crippen LogP contribution is -2.27. The molecular formula is C11H17NO4. The number of amides is 1. The Hall–Kier alpha value is -1.36. The average molecular weight is 227 g/mol. The lowest BCUT2D eigenvalue weighted by atomic mass is 10.1. The molecule has 0 aromatic carbocycles. The Morgan fingerprint density at radius 3 is 2.88 bits per heavy atom. The van der Waals surface area contributed by atoms with Crippen molar-refractivity contribution in [1.82, 2.24) is 4.90 Å². The molecule has 0 bridgehead atoms. The van der Waals surface area contributed by atoms with Gasteiger partial charge in [-0.15, -0.1) is 0 Å². The lowest BCUT2D eigenvalue weighted by Gasteiger charge is -2.14. The highest BCUT2D eigenvalue weighted by Crippen LogP contribution is 2.16. The maximum Gasteiger partial charge on any atom is 0.328 e. The lowest BCUT2D eigenvalue weighted by molar-refractivity contribution is -0.132. The van der Waals surface area contributed by atoms with Gasteiger partial charge < -0.3 is 14.7 Å². The second kappa shape index (κ2) is 6.27. The molecule has 0 spiro atoms. The Balaban J connectivity index is 2.35. The van der Waals surface area contributed by atoms with Crippen molar-refractivity contribution >= 4 is 11.9 Å². The number of likely N-dealkylation sites (tertiary alicyclic amines) is 1. The van der Waals surface area contributed by atoms with Crippen LogP contribution in [-0.2, 0) is 14.3 Å². The maximum absolute atomic E-state index is 11.5. The zero-order chi connectivity index (χ0) is 12.0. The van der Waals surface area contributed by atoms with Gasteiger partial charge in [0, 0.05) is 37.8 Å². The van der Waals surface area contributed by atoms with Crippen molar-refractivity contribution in [2.45, 2.75) is 13.3 Å². The number of ether oxygens (including phenoxy) is 1. The fourth-order valence-electron chi connectivity index (χ4n) is 1.70. The van der Waals surface area contributed by atoms with Crippen molar-refractivity contribution in [3.63, 3.8) is 0 Å². The van der Waals surface area contributed by atoms with Crippen LogP contribution in [0.2, 0.25) is 0 Å². The Labute approximate surface area is 94.7 Å². The van der Waals surface area contributed by atoms with Crippen LogP contribution in [0.3, 0.4) is 0 Å². The van der Waals surface area contributed by atoms with Gasteiger partial charge in [-0.1, -0.05) is 0 Å². The summed E-state index contributed by atoms with van der Waals surface area (Å²) in [5.41, 5.74) is 0. The van der Waals surface area contributed by atoms with Crippen molar-refractivity contribution < 1.29 is 19.4 Å². The van der Waals surface area contributed by atoms with Crippen LogP contribution < -0.4 is 0 Å². The molecule has 0 radical (unpaired) electrons. The Morgan fingerprint density at radius 1 is 1.50 bits per heavy atom. The fraction of sp³-hybridized carbons (Fsp3) is 0.636. The number of carbonyl (C=O) groups excluding carboxylic acids is 1. The third-order valence-electron chi connectivity index (χ3n) is 2.52. The molecular weight excluding hydrogens is 210 g/mol. The van der Waals surface area contributed by atoms with Crippen LogP contribution in [0.15, 0.2) is 12.2 Å². The van der Waals surface area contributed by atoms with Crippen molar-refractivity contribution in [1.29, 1.82) is 0 Å². The van der Waals surface area contributed by atoms with E-state index in [4.69, 9.17) is 9.84 Å². The Bertz CT molecular complexity index is 288. The second-order valence-corrected chi connectivity index (χ2v) is 3.77. The van der Waals surface area contributed by atoms with Gasteiger partial charge in [0.05, 0.1) is 6.61 Å². The Morgan fingerprint density at radius 2 is 2.25 bits per heavy atom. The normalized spacial score (nSPS) is 20.6. The molecule has 16 heavy (non-hydrogen) atoms. The molecule has 1 N–H and O–H groups in total. The predicted octanol–water partition coefficient (Wildman–Crippen LogP) is 0.512. The van der Waals surface area contributed by atoms with E-state index in [0.717, 1.165) is 18.6 Å². The van der Waals surface area contributed by atoms with Gasteiger partial charge in [-0.05, 0) is 13.3 Å². The number of rotatable bonds is 5. The van der Waals surface area contributed by atoms with Gasteiger partial charge in [-0.2, -0.15) is 0 Å². The summed E-state index contributed by atoms with van der Waals surface area (Å²) in [5, 5.41) is 8.40. The number of aliphatic carboxylic acids is 1. The molecule has 1 amide bonds. The number of hydrogen-bond donors (Lipinski definition) is 1. The number of hydrogen-bond acceptors (Lipinski definition) is 3. The predicted molar refractivity (Wildman–Crippen MR) is 58.0 cm³/mol. The van der Waals surface area contributed by atoms with Crippen LogP contribution >= 0.6 is 0 Å². The summed E-state index contributed by atoms with van der Waals surface area (Å²) in [6, 6.07) is 0. The molecule has 0 aromatic rings. The summed E-state index contributed by atoms with van der Waals surface area (Å²) in [6.45, 7) is 4.63. The molecule has 1 saturated heterocycles. The van der Waals surface area contributed by atoms with Crippen LogP contribution in [0.5, 0.6) is 0 Å². The molecule has 1 aliphatic heterocycles. The zero-order valence-electron chi connectivity index (χ0n) is 9.39. The van der Waals surface area contributed by atoms with E-state index in [1.54, 1.807) is 4.90 Å². The van der Waals surface area contributed by atoms with E-state index in [-0.39, 0.29) is 5.91 Å². The van der Waals surface area contributed by atoms with E-state index in [1.807, 2.05) is 6.92 Å². The van der Waals surface area contributed by atoms with Gasteiger partial charge in [0.1, 0.15) is 0 Å². The summed E-state index contributed by atoms with van der Waals surface area (Å²) in [6.07, 6.45) is 2.90. The molecule has 1 rings (SSSR count). The second-order valence-electron chi connectivity index (χ2n) is 3.77. The van der Waals surface area contributed by atoms with E-state index in [0.29, 0.717) is 32.2 Å². The van der Waals surface area contributed by atoms with Gasteiger partial charge in [0.25, 0.3) is 0 Å². The molecule has 0 saturated carbocycles. The van der Waals surface area contributed by atoms with Gasteiger partial charge in [-0.3, -0.25) is 4.79 Å². The summed E-state index contributed by atoms with van der Waals surface area (Å²) in [4.78, 5) is 23.4. The molecule has 1 aliphatic rings. The summed E-state index contributed by atoms with van der Waals surface area (Å²) in [7, 11) is 0. The largest absolute Gasteiger partial charge is 0.478 e. The molecule has 0 unspecified atom stereocenters. The van der Waals surface area contributed by atoms with E-state index in [2.05, 4.69) is 0 Å². The van der Waals surface area contributed by atoms with Crippen LogP contribution in [0.25, 0.3) is 0 Å². The standard InChI is InChI=1S/C11H17NO4/c1-2-16-8-9-5-6-12(7-9)10(13)3-4-11(14)15/h3-4,9H,2,5-8H2,1H3,(H,14,15)/b4-3+/t9-/m1/s1. The summed E-state index contributed by atoms with van der Waals surface area (Å²) in [5.74, 6) is -0.957. The topological polar surface area (TPSA) is 66.8 Å². The minimum atomic E-state index is -1.10. The molecule has 5 nitrogen and oxygen atoms in total. The minimum Gasteiger partial charge on any atom is -0.478 e. The minimum absolute atomic E-state index is 0.235. The maximum atomic E-state index is 11.5. The van der Waals surface area contributed by atoms with Gasteiger partial charge in [0.15, 0.2) is 0 Å². The van der Waals surface area contributed by atoms with Crippen molar-refractivity contribution in [2.75, 3.05) is 26.3 Å². The fourth-order valence-corrected chi connectivity index (χ4v) is 1.70. The third kappa shape index (κ3) is 4.02. The van der Waals surface area contributed by atoms with Crippen molar-refractivity contribution in [3.05, 3.63) is 12.2 Å². The van der Waals surface area contributed by atoms with Crippen LogP contribution in [0.4, 0.5) is 0 Å². The van der Waals surface area contributed by atoms with Crippen LogP contribution in [0.1, 0.15) is 13.3 Å². The quantitative estimate of drug-likeness (QED) is 0.695. The summed E-state index contributed by atoms with van der Waals surface area (Å²) < 4.78 is 5.29. The van der Waals surface area contributed by atoms with Crippen LogP contribution in [-0.4, -0.2) is 48.2 Å². The zero-order valence-corrected chi connectivity index (χ0v) is 9.39. The van der Waals surface area contributed by atoms with Gasteiger partial charge in [0.2, 0.25) is 5.91 Å². The molecule has 90 valence electrons. The molecule has 5 heteroatoms. The Kier molecular flexibility index (Phi) is 4.98. The molecule has 1 fully saturated rings. The monoisotopic (exact) mass is 227 g/mol.